The maximum absolute atomic E-state index is 6.23. The van der Waals surface area contributed by atoms with E-state index < -0.39 is 0 Å². The van der Waals surface area contributed by atoms with Gasteiger partial charge in [0.25, 0.3) is 0 Å². The molecule has 0 aromatic heterocycles. The molecular formula is C15H21Cl2NO3. The van der Waals surface area contributed by atoms with E-state index in [1.54, 1.807) is 13.2 Å². The molecule has 1 N–H and O–H groups in total. The second-order valence-corrected chi connectivity index (χ2v) is 5.83. The van der Waals surface area contributed by atoms with Crippen LogP contribution in [-0.2, 0) is 16.0 Å². The van der Waals surface area contributed by atoms with Crippen LogP contribution < -0.4 is 10.1 Å². The SMILES string of the molecule is COCCOCCOc1c(Cl)cc(Cl)cc1CNC1CC1. The van der Waals surface area contributed by atoms with E-state index in [2.05, 4.69) is 5.32 Å². The molecule has 0 saturated heterocycles. The summed E-state index contributed by atoms with van der Waals surface area (Å²) in [5, 5.41) is 4.60. The highest BCUT2D eigenvalue weighted by Crippen LogP contribution is 2.33. The van der Waals surface area contributed by atoms with Crippen molar-refractivity contribution in [3.05, 3.63) is 27.7 Å². The van der Waals surface area contributed by atoms with Gasteiger partial charge in [0.15, 0.2) is 0 Å². The van der Waals surface area contributed by atoms with Crippen molar-refractivity contribution in [3.8, 4) is 5.75 Å². The number of rotatable bonds is 10. The highest BCUT2D eigenvalue weighted by Gasteiger charge is 2.21. The first-order chi connectivity index (χ1) is 10.2. The molecule has 1 aromatic carbocycles. The number of methoxy groups -OCH3 is 1. The van der Waals surface area contributed by atoms with Gasteiger partial charge < -0.3 is 19.5 Å². The quantitative estimate of drug-likeness (QED) is 0.667. The minimum atomic E-state index is 0.446. The number of nitrogens with one attached hydrogen (secondary N) is 1. The molecule has 6 heteroatoms. The lowest BCUT2D eigenvalue weighted by atomic mass is 10.2. The average molecular weight is 334 g/mol. The number of benzene rings is 1. The predicted octanol–water partition coefficient (Wildman–Crippen LogP) is 3.29. The molecule has 1 fully saturated rings. The summed E-state index contributed by atoms with van der Waals surface area (Å²) in [6.45, 7) is 2.80. The van der Waals surface area contributed by atoms with Crippen molar-refractivity contribution in [2.75, 3.05) is 33.5 Å². The lowest BCUT2D eigenvalue weighted by Gasteiger charge is -2.14. The van der Waals surface area contributed by atoms with Gasteiger partial charge in [-0.2, -0.15) is 0 Å². The van der Waals surface area contributed by atoms with Gasteiger partial charge in [0.2, 0.25) is 0 Å². The predicted molar refractivity (Wildman–Crippen MR) is 84.5 cm³/mol. The molecule has 0 radical (unpaired) electrons. The summed E-state index contributed by atoms with van der Waals surface area (Å²) < 4.78 is 16.0. The Balaban J connectivity index is 1.86. The zero-order valence-electron chi connectivity index (χ0n) is 12.2. The summed E-state index contributed by atoms with van der Waals surface area (Å²) >= 11 is 12.3. The van der Waals surface area contributed by atoms with Crippen LogP contribution in [0.1, 0.15) is 18.4 Å². The van der Waals surface area contributed by atoms with Gasteiger partial charge in [-0.1, -0.05) is 23.2 Å². The fourth-order valence-corrected chi connectivity index (χ4v) is 2.49. The van der Waals surface area contributed by atoms with Crippen LogP contribution in [0.2, 0.25) is 10.0 Å². The normalized spacial score (nSPS) is 14.4. The van der Waals surface area contributed by atoms with Crippen molar-refractivity contribution in [1.29, 1.82) is 0 Å². The molecule has 0 amide bonds. The van der Waals surface area contributed by atoms with E-state index in [4.69, 9.17) is 37.4 Å². The molecule has 1 saturated carbocycles. The molecular weight excluding hydrogens is 313 g/mol. The zero-order valence-corrected chi connectivity index (χ0v) is 13.7. The van der Waals surface area contributed by atoms with Crippen molar-refractivity contribution in [1.82, 2.24) is 5.32 Å². The third-order valence-electron chi connectivity index (χ3n) is 3.15. The number of ether oxygens (including phenoxy) is 3. The van der Waals surface area contributed by atoms with Gasteiger partial charge in [0.05, 0.1) is 24.8 Å². The van der Waals surface area contributed by atoms with Gasteiger partial charge in [-0.25, -0.2) is 0 Å². The molecule has 1 aromatic rings. The minimum absolute atomic E-state index is 0.446. The summed E-state index contributed by atoms with van der Waals surface area (Å²) in [4.78, 5) is 0. The first kappa shape index (κ1) is 16.8. The average Bonchev–Trinajstić information content (AvgIpc) is 3.26. The smallest absolute Gasteiger partial charge is 0.142 e. The Bertz CT molecular complexity index is 453. The van der Waals surface area contributed by atoms with E-state index in [0.717, 1.165) is 5.56 Å². The highest BCUT2D eigenvalue weighted by atomic mass is 35.5. The summed E-state index contributed by atoms with van der Waals surface area (Å²) in [7, 11) is 1.65. The molecule has 2 rings (SSSR count). The third kappa shape index (κ3) is 6.01. The Morgan fingerprint density at radius 2 is 1.90 bits per heavy atom. The molecule has 0 atom stereocenters. The van der Waals surface area contributed by atoms with Gasteiger partial charge in [-0.15, -0.1) is 0 Å². The van der Waals surface area contributed by atoms with Gasteiger partial charge in [0, 0.05) is 30.3 Å². The maximum Gasteiger partial charge on any atom is 0.142 e. The van der Waals surface area contributed by atoms with Crippen LogP contribution in [0.5, 0.6) is 5.75 Å². The Labute approximate surface area is 135 Å². The first-order valence-electron chi connectivity index (χ1n) is 7.11. The van der Waals surface area contributed by atoms with Crippen LogP contribution >= 0.6 is 23.2 Å². The second-order valence-electron chi connectivity index (χ2n) is 4.98. The summed E-state index contributed by atoms with van der Waals surface area (Å²) in [5.74, 6) is 0.685. The van der Waals surface area contributed by atoms with Crippen molar-refractivity contribution in [3.63, 3.8) is 0 Å². The molecule has 118 valence electrons. The third-order valence-corrected chi connectivity index (χ3v) is 3.65. The molecule has 4 nitrogen and oxygen atoms in total. The first-order valence-corrected chi connectivity index (χ1v) is 7.87. The largest absolute Gasteiger partial charge is 0.489 e. The van der Waals surface area contributed by atoms with Gasteiger partial charge in [-0.3, -0.25) is 0 Å². The summed E-state index contributed by atoms with van der Waals surface area (Å²) in [6, 6.07) is 4.21. The van der Waals surface area contributed by atoms with E-state index >= 15 is 0 Å². The van der Waals surface area contributed by atoms with Gasteiger partial charge in [0.1, 0.15) is 12.4 Å². The highest BCUT2D eigenvalue weighted by molar-refractivity contribution is 6.35. The molecule has 0 unspecified atom stereocenters. The zero-order chi connectivity index (χ0) is 15.1. The topological polar surface area (TPSA) is 39.7 Å². The van der Waals surface area contributed by atoms with Crippen LogP contribution in [0, 0.1) is 0 Å². The van der Waals surface area contributed by atoms with E-state index in [-0.39, 0.29) is 0 Å². The molecule has 0 heterocycles. The van der Waals surface area contributed by atoms with Crippen molar-refractivity contribution >= 4 is 23.2 Å². The second kappa shape index (κ2) is 8.81. The van der Waals surface area contributed by atoms with Crippen LogP contribution in [0.4, 0.5) is 0 Å². The van der Waals surface area contributed by atoms with Crippen molar-refractivity contribution in [2.24, 2.45) is 0 Å². The Morgan fingerprint density at radius 3 is 2.62 bits per heavy atom. The van der Waals surface area contributed by atoms with E-state index in [0.29, 0.717) is 54.8 Å². The van der Waals surface area contributed by atoms with Crippen LogP contribution in [0.3, 0.4) is 0 Å². The Hall–Kier alpha value is -0.520. The lowest BCUT2D eigenvalue weighted by molar-refractivity contribution is 0.0543. The molecule has 21 heavy (non-hydrogen) atoms. The number of halogens is 2. The summed E-state index contributed by atoms with van der Waals surface area (Å²) in [5.41, 5.74) is 0.983. The number of hydrogen-bond donors (Lipinski definition) is 1. The van der Waals surface area contributed by atoms with Crippen LogP contribution in [0.25, 0.3) is 0 Å². The summed E-state index contributed by atoms with van der Waals surface area (Å²) in [6.07, 6.45) is 2.47. The van der Waals surface area contributed by atoms with Crippen LogP contribution in [0.15, 0.2) is 12.1 Å². The molecule has 0 spiro atoms. The van der Waals surface area contributed by atoms with E-state index in [1.165, 1.54) is 12.8 Å². The molecule has 0 aliphatic heterocycles. The maximum atomic E-state index is 6.23. The Kier molecular flexibility index (Phi) is 7.07. The minimum Gasteiger partial charge on any atom is -0.489 e. The fourth-order valence-electron chi connectivity index (χ4n) is 1.90. The van der Waals surface area contributed by atoms with Crippen LogP contribution in [-0.4, -0.2) is 39.6 Å². The van der Waals surface area contributed by atoms with E-state index in [1.807, 2.05) is 6.07 Å². The monoisotopic (exact) mass is 333 g/mol. The van der Waals surface area contributed by atoms with Crippen molar-refractivity contribution in [2.45, 2.75) is 25.4 Å². The molecule has 0 bridgehead atoms. The van der Waals surface area contributed by atoms with Crippen molar-refractivity contribution < 1.29 is 14.2 Å². The fraction of sp³-hybridized carbons (Fsp3) is 0.600. The lowest BCUT2D eigenvalue weighted by Crippen LogP contribution is -2.17. The van der Waals surface area contributed by atoms with Gasteiger partial charge >= 0.3 is 0 Å². The Morgan fingerprint density at radius 1 is 1.14 bits per heavy atom. The van der Waals surface area contributed by atoms with E-state index in [9.17, 15) is 0 Å². The molecule has 1 aliphatic rings. The number of hydrogen-bond acceptors (Lipinski definition) is 4. The standard InChI is InChI=1S/C15H21Cl2NO3/c1-19-4-5-20-6-7-21-15-11(10-18-13-2-3-13)8-12(16)9-14(15)17/h8-9,13,18H,2-7,10H2,1H3. The molecule has 1 aliphatic carbocycles. The van der Waals surface area contributed by atoms with Gasteiger partial charge in [-0.05, 0) is 25.0 Å².